The van der Waals surface area contributed by atoms with Crippen molar-refractivity contribution in [3.05, 3.63) is 68.4 Å². The number of alkyl halides is 3. The van der Waals surface area contributed by atoms with Gasteiger partial charge in [-0.05, 0) is 30.3 Å². The Morgan fingerprint density at radius 1 is 1.22 bits per heavy atom. The van der Waals surface area contributed by atoms with Gasteiger partial charge in [0.2, 0.25) is 5.91 Å². The van der Waals surface area contributed by atoms with Crippen molar-refractivity contribution in [1.82, 2.24) is 0 Å². The molecule has 0 bridgehead atoms. The number of nitro groups is 1. The fourth-order valence-electron chi connectivity index (χ4n) is 2.52. The summed E-state index contributed by atoms with van der Waals surface area (Å²) < 4.78 is 44.3. The molecule has 10 heteroatoms. The summed E-state index contributed by atoms with van der Waals surface area (Å²) in [5.74, 6) is -0.625. The number of nitro benzene ring substituents is 1. The average Bonchev–Trinajstić information content (AvgIpc) is 2.96. The van der Waals surface area contributed by atoms with Crippen molar-refractivity contribution in [3.63, 3.8) is 0 Å². The molecule has 0 radical (unpaired) electrons. The Morgan fingerprint density at radius 2 is 1.96 bits per heavy atom. The van der Waals surface area contributed by atoms with Gasteiger partial charge in [-0.3, -0.25) is 14.9 Å². The zero-order valence-corrected chi connectivity index (χ0v) is 14.9. The normalized spacial score (nSPS) is 11.6. The van der Waals surface area contributed by atoms with E-state index in [9.17, 15) is 28.1 Å². The van der Waals surface area contributed by atoms with Gasteiger partial charge < -0.3 is 9.73 Å². The van der Waals surface area contributed by atoms with Crippen LogP contribution < -0.4 is 5.32 Å². The SMILES string of the molecule is O=C(Cc1coc2ccc(Br)cc12)Nc1ccc(C(F)(F)F)cc1[N+](=O)[O-]. The summed E-state index contributed by atoms with van der Waals surface area (Å²) in [6.45, 7) is 0. The summed E-state index contributed by atoms with van der Waals surface area (Å²) in [6, 6.07) is 7.15. The minimum absolute atomic E-state index is 0.165. The summed E-state index contributed by atoms with van der Waals surface area (Å²) in [4.78, 5) is 22.4. The van der Waals surface area contributed by atoms with E-state index in [0.29, 0.717) is 28.7 Å². The molecule has 1 aromatic heterocycles. The number of benzene rings is 2. The highest BCUT2D eigenvalue weighted by molar-refractivity contribution is 9.10. The fraction of sp³-hybridized carbons (Fsp3) is 0.118. The Labute approximate surface area is 158 Å². The van der Waals surface area contributed by atoms with Gasteiger partial charge in [0.05, 0.1) is 23.2 Å². The minimum atomic E-state index is -4.73. The Hall–Kier alpha value is -2.88. The van der Waals surface area contributed by atoms with E-state index in [1.54, 1.807) is 18.2 Å². The number of fused-ring (bicyclic) bond motifs is 1. The van der Waals surface area contributed by atoms with Crippen molar-refractivity contribution in [1.29, 1.82) is 0 Å². The van der Waals surface area contributed by atoms with Crippen molar-refractivity contribution in [3.8, 4) is 0 Å². The standard InChI is InChI=1S/C17H10BrF3N2O4/c18-11-2-4-15-12(7-11)9(8-27-15)5-16(24)22-13-3-1-10(17(19,20)21)6-14(13)23(25)26/h1-4,6-8H,5H2,(H,22,24). The molecule has 0 unspecified atom stereocenters. The molecule has 0 fully saturated rings. The maximum Gasteiger partial charge on any atom is 0.416 e. The number of amides is 1. The van der Waals surface area contributed by atoms with E-state index in [1.165, 1.54) is 6.26 Å². The van der Waals surface area contributed by atoms with E-state index in [-0.39, 0.29) is 12.1 Å². The number of carbonyl (C=O) groups excluding carboxylic acids is 1. The number of nitrogens with zero attached hydrogens (tertiary/aromatic N) is 1. The Kier molecular flexibility index (Phi) is 4.92. The third-order valence-corrected chi connectivity index (χ3v) is 4.26. The summed E-state index contributed by atoms with van der Waals surface area (Å²) in [5, 5.41) is 14.0. The fourth-order valence-corrected chi connectivity index (χ4v) is 2.88. The number of carbonyl (C=O) groups is 1. The van der Waals surface area contributed by atoms with Crippen molar-refractivity contribution in [2.45, 2.75) is 12.6 Å². The predicted octanol–water partition coefficient (Wildman–Crippen LogP) is 5.30. The maximum absolute atomic E-state index is 12.7. The Morgan fingerprint density at radius 3 is 2.63 bits per heavy atom. The Balaban J connectivity index is 1.85. The monoisotopic (exact) mass is 442 g/mol. The molecule has 1 amide bonds. The molecule has 0 aliphatic rings. The lowest BCUT2D eigenvalue weighted by Crippen LogP contribution is -2.16. The average molecular weight is 443 g/mol. The van der Waals surface area contributed by atoms with Crippen LogP contribution in [0.5, 0.6) is 0 Å². The van der Waals surface area contributed by atoms with Crippen molar-refractivity contribution >= 4 is 44.2 Å². The van der Waals surface area contributed by atoms with Gasteiger partial charge in [0.25, 0.3) is 5.69 Å². The molecule has 0 atom stereocenters. The predicted molar refractivity (Wildman–Crippen MR) is 94.3 cm³/mol. The van der Waals surface area contributed by atoms with Crippen molar-refractivity contribution in [2.75, 3.05) is 5.32 Å². The lowest BCUT2D eigenvalue weighted by molar-refractivity contribution is -0.384. The highest BCUT2D eigenvalue weighted by atomic mass is 79.9. The lowest BCUT2D eigenvalue weighted by Gasteiger charge is -2.09. The van der Waals surface area contributed by atoms with E-state index in [4.69, 9.17) is 4.42 Å². The molecule has 0 saturated carbocycles. The molecule has 140 valence electrons. The molecule has 0 aliphatic heterocycles. The summed E-state index contributed by atoms with van der Waals surface area (Å²) in [6.07, 6.45) is -3.50. The number of anilines is 1. The number of furan rings is 1. The summed E-state index contributed by atoms with van der Waals surface area (Å²) in [5.41, 5.74) is -1.22. The number of nitrogens with one attached hydrogen (secondary N) is 1. The first-order chi connectivity index (χ1) is 12.6. The topological polar surface area (TPSA) is 85.4 Å². The molecular formula is C17H10BrF3N2O4. The van der Waals surface area contributed by atoms with Crippen LogP contribution in [-0.2, 0) is 17.4 Å². The zero-order chi connectivity index (χ0) is 19.8. The maximum atomic E-state index is 12.7. The molecule has 3 rings (SSSR count). The van der Waals surface area contributed by atoms with Crippen molar-refractivity contribution in [2.24, 2.45) is 0 Å². The number of hydrogen-bond donors (Lipinski definition) is 1. The number of rotatable bonds is 4. The van der Waals surface area contributed by atoms with Crippen LogP contribution >= 0.6 is 15.9 Å². The first kappa shape index (κ1) is 18.9. The van der Waals surface area contributed by atoms with Crippen LogP contribution in [0.25, 0.3) is 11.0 Å². The molecule has 27 heavy (non-hydrogen) atoms. The van der Waals surface area contributed by atoms with Crippen LogP contribution in [0, 0.1) is 10.1 Å². The Bertz CT molecular complexity index is 1050. The molecule has 0 saturated heterocycles. The minimum Gasteiger partial charge on any atom is -0.464 e. The van der Waals surface area contributed by atoms with Gasteiger partial charge in [-0.15, -0.1) is 0 Å². The van der Waals surface area contributed by atoms with Crippen LogP contribution in [0.2, 0.25) is 0 Å². The molecule has 0 aliphatic carbocycles. The molecule has 6 nitrogen and oxygen atoms in total. The van der Waals surface area contributed by atoms with Crippen LogP contribution in [0.3, 0.4) is 0 Å². The molecule has 2 aromatic carbocycles. The quantitative estimate of drug-likeness (QED) is 0.438. The third-order valence-electron chi connectivity index (χ3n) is 3.76. The van der Waals surface area contributed by atoms with E-state index in [2.05, 4.69) is 21.2 Å². The van der Waals surface area contributed by atoms with E-state index < -0.39 is 28.3 Å². The van der Waals surface area contributed by atoms with Crippen molar-refractivity contribution < 1.29 is 27.3 Å². The summed E-state index contributed by atoms with van der Waals surface area (Å²) >= 11 is 3.31. The molecule has 1 heterocycles. The lowest BCUT2D eigenvalue weighted by atomic mass is 10.1. The highest BCUT2D eigenvalue weighted by Gasteiger charge is 2.33. The van der Waals surface area contributed by atoms with Crippen LogP contribution in [0.1, 0.15) is 11.1 Å². The summed E-state index contributed by atoms with van der Waals surface area (Å²) in [7, 11) is 0. The van der Waals surface area contributed by atoms with Crippen LogP contribution in [0.15, 0.2) is 51.6 Å². The van der Waals surface area contributed by atoms with Gasteiger partial charge in [-0.25, -0.2) is 0 Å². The first-order valence-corrected chi connectivity index (χ1v) is 8.25. The second-order valence-electron chi connectivity index (χ2n) is 5.61. The smallest absolute Gasteiger partial charge is 0.416 e. The second-order valence-corrected chi connectivity index (χ2v) is 6.53. The van der Waals surface area contributed by atoms with Gasteiger partial charge in [0, 0.05) is 21.5 Å². The van der Waals surface area contributed by atoms with Gasteiger partial charge in [0.15, 0.2) is 0 Å². The molecule has 3 aromatic rings. The third kappa shape index (κ3) is 4.11. The first-order valence-electron chi connectivity index (χ1n) is 7.46. The van der Waals surface area contributed by atoms with Gasteiger partial charge in [-0.1, -0.05) is 15.9 Å². The zero-order valence-electron chi connectivity index (χ0n) is 13.3. The van der Waals surface area contributed by atoms with Gasteiger partial charge in [0.1, 0.15) is 11.3 Å². The molecule has 1 N–H and O–H groups in total. The largest absolute Gasteiger partial charge is 0.464 e. The number of hydrogen-bond acceptors (Lipinski definition) is 4. The van der Waals surface area contributed by atoms with Gasteiger partial charge in [-0.2, -0.15) is 13.2 Å². The highest BCUT2D eigenvalue weighted by Crippen LogP contribution is 2.35. The van der Waals surface area contributed by atoms with Crippen LogP contribution in [-0.4, -0.2) is 10.8 Å². The molecular weight excluding hydrogens is 433 g/mol. The van der Waals surface area contributed by atoms with Crippen LogP contribution in [0.4, 0.5) is 24.5 Å². The van der Waals surface area contributed by atoms with E-state index in [1.807, 2.05) is 0 Å². The van der Waals surface area contributed by atoms with Gasteiger partial charge >= 0.3 is 6.18 Å². The number of halogens is 4. The van der Waals surface area contributed by atoms with E-state index in [0.717, 1.165) is 10.5 Å². The second kappa shape index (κ2) is 7.03. The molecule has 0 spiro atoms. The van der Waals surface area contributed by atoms with E-state index >= 15 is 0 Å².